The average molecular weight is 286 g/mol. The summed E-state index contributed by atoms with van der Waals surface area (Å²) in [5.41, 5.74) is 0. The predicted octanol–water partition coefficient (Wildman–Crippen LogP) is 1.77. The highest BCUT2D eigenvalue weighted by molar-refractivity contribution is 5.81. The standard InChI is InChI=1S/C14H22O6/c1-4-12(15)18-9-5-6-10-19-13(16)7-8-14(17)20-11(2)3/h4,11H,1,5-10H2,2-3H3. The van der Waals surface area contributed by atoms with E-state index in [1.807, 2.05) is 0 Å². The van der Waals surface area contributed by atoms with Crippen LogP contribution in [0.15, 0.2) is 12.7 Å². The maximum absolute atomic E-state index is 11.3. The molecule has 0 fully saturated rings. The van der Waals surface area contributed by atoms with Gasteiger partial charge in [-0.3, -0.25) is 9.59 Å². The number of carbonyl (C=O) groups is 3. The molecule has 0 amide bonds. The molecule has 0 N–H and O–H groups in total. The van der Waals surface area contributed by atoms with Crippen molar-refractivity contribution in [1.82, 2.24) is 0 Å². The highest BCUT2D eigenvalue weighted by Gasteiger charge is 2.10. The van der Waals surface area contributed by atoms with Crippen molar-refractivity contribution >= 4 is 17.9 Å². The largest absolute Gasteiger partial charge is 0.466 e. The number of rotatable bonds is 10. The fourth-order valence-corrected chi connectivity index (χ4v) is 1.22. The Bertz CT molecular complexity index is 335. The summed E-state index contributed by atoms with van der Waals surface area (Å²) < 4.78 is 14.6. The van der Waals surface area contributed by atoms with Gasteiger partial charge in [-0.25, -0.2) is 4.79 Å². The van der Waals surface area contributed by atoms with E-state index in [1.165, 1.54) is 0 Å². The minimum absolute atomic E-state index is 0.0109. The second-order valence-corrected chi connectivity index (χ2v) is 4.34. The summed E-state index contributed by atoms with van der Waals surface area (Å²) >= 11 is 0. The van der Waals surface area contributed by atoms with E-state index in [9.17, 15) is 14.4 Å². The molecule has 0 heterocycles. The minimum atomic E-state index is -0.467. The van der Waals surface area contributed by atoms with E-state index in [0.717, 1.165) is 6.08 Å². The van der Waals surface area contributed by atoms with Crippen LogP contribution in [0, 0.1) is 0 Å². The lowest BCUT2D eigenvalue weighted by molar-refractivity contribution is -0.152. The molecule has 114 valence electrons. The Morgan fingerprint density at radius 1 is 1.00 bits per heavy atom. The molecular weight excluding hydrogens is 264 g/mol. The first-order chi connectivity index (χ1) is 9.45. The van der Waals surface area contributed by atoms with Crippen LogP contribution in [-0.2, 0) is 28.6 Å². The Kier molecular flexibility index (Phi) is 10.00. The molecule has 0 atom stereocenters. The van der Waals surface area contributed by atoms with Gasteiger partial charge in [-0.05, 0) is 26.7 Å². The number of carbonyl (C=O) groups excluding carboxylic acids is 3. The number of unbranched alkanes of at least 4 members (excludes halogenated alkanes) is 1. The van der Waals surface area contributed by atoms with Gasteiger partial charge in [0.2, 0.25) is 0 Å². The Balaban J connectivity index is 3.47. The first-order valence-electron chi connectivity index (χ1n) is 6.60. The zero-order chi connectivity index (χ0) is 15.4. The molecule has 0 spiro atoms. The van der Waals surface area contributed by atoms with Crippen LogP contribution in [0.1, 0.15) is 39.5 Å². The quantitative estimate of drug-likeness (QED) is 0.263. The summed E-state index contributed by atoms with van der Waals surface area (Å²) in [4.78, 5) is 33.2. The summed E-state index contributed by atoms with van der Waals surface area (Å²) in [6.07, 6.45) is 2.13. The Hall–Kier alpha value is -1.85. The monoisotopic (exact) mass is 286 g/mol. The Labute approximate surface area is 119 Å². The van der Waals surface area contributed by atoms with Crippen LogP contribution in [-0.4, -0.2) is 37.2 Å². The summed E-state index contributed by atoms with van der Waals surface area (Å²) in [5, 5.41) is 0. The van der Waals surface area contributed by atoms with E-state index >= 15 is 0 Å². The number of ether oxygens (including phenoxy) is 3. The van der Waals surface area contributed by atoms with Gasteiger partial charge in [-0.1, -0.05) is 6.58 Å². The lowest BCUT2D eigenvalue weighted by Crippen LogP contribution is -2.14. The maximum atomic E-state index is 11.3. The average Bonchev–Trinajstić information content (AvgIpc) is 2.39. The highest BCUT2D eigenvalue weighted by Crippen LogP contribution is 2.00. The molecule has 6 heteroatoms. The Morgan fingerprint density at radius 2 is 1.55 bits per heavy atom. The van der Waals surface area contributed by atoms with Gasteiger partial charge in [0, 0.05) is 6.08 Å². The van der Waals surface area contributed by atoms with Crippen molar-refractivity contribution in [3.8, 4) is 0 Å². The number of hydrogen-bond acceptors (Lipinski definition) is 6. The third-order valence-corrected chi connectivity index (χ3v) is 2.11. The molecule has 6 nitrogen and oxygen atoms in total. The zero-order valence-corrected chi connectivity index (χ0v) is 12.1. The van der Waals surface area contributed by atoms with Crippen LogP contribution < -0.4 is 0 Å². The minimum Gasteiger partial charge on any atom is -0.466 e. The lowest BCUT2D eigenvalue weighted by atomic mass is 10.3. The van der Waals surface area contributed by atoms with E-state index in [-0.39, 0.29) is 32.2 Å². The predicted molar refractivity (Wildman–Crippen MR) is 71.8 cm³/mol. The van der Waals surface area contributed by atoms with Crippen LogP contribution in [0.3, 0.4) is 0 Å². The van der Waals surface area contributed by atoms with E-state index in [2.05, 4.69) is 6.58 Å². The van der Waals surface area contributed by atoms with Crippen LogP contribution in [0.25, 0.3) is 0 Å². The number of esters is 3. The fraction of sp³-hybridized carbons (Fsp3) is 0.643. The van der Waals surface area contributed by atoms with Crippen molar-refractivity contribution in [2.45, 2.75) is 45.6 Å². The molecule has 0 aromatic carbocycles. The lowest BCUT2D eigenvalue weighted by Gasteiger charge is -2.08. The molecule has 0 aliphatic rings. The van der Waals surface area contributed by atoms with Crippen molar-refractivity contribution in [3.05, 3.63) is 12.7 Å². The van der Waals surface area contributed by atoms with Gasteiger partial charge in [-0.2, -0.15) is 0 Å². The summed E-state index contributed by atoms with van der Waals surface area (Å²) in [7, 11) is 0. The van der Waals surface area contributed by atoms with Crippen molar-refractivity contribution in [2.75, 3.05) is 13.2 Å². The topological polar surface area (TPSA) is 78.9 Å². The van der Waals surface area contributed by atoms with Crippen molar-refractivity contribution in [1.29, 1.82) is 0 Å². The van der Waals surface area contributed by atoms with E-state index < -0.39 is 17.9 Å². The molecule has 0 aliphatic heterocycles. The molecule has 0 unspecified atom stereocenters. The fourth-order valence-electron chi connectivity index (χ4n) is 1.22. The molecule has 0 aromatic rings. The van der Waals surface area contributed by atoms with Gasteiger partial charge in [0.05, 0.1) is 32.2 Å². The third kappa shape index (κ3) is 11.3. The second-order valence-electron chi connectivity index (χ2n) is 4.34. The van der Waals surface area contributed by atoms with Crippen molar-refractivity contribution in [2.24, 2.45) is 0 Å². The third-order valence-electron chi connectivity index (χ3n) is 2.11. The molecule has 0 aromatic heterocycles. The van der Waals surface area contributed by atoms with E-state index in [4.69, 9.17) is 14.2 Å². The van der Waals surface area contributed by atoms with Crippen molar-refractivity contribution in [3.63, 3.8) is 0 Å². The van der Waals surface area contributed by atoms with Crippen molar-refractivity contribution < 1.29 is 28.6 Å². The van der Waals surface area contributed by atoms with Crippen LogP contribution in [0.5, 0.6) is 0 Å². The first kappa shape index (κ1) is 18.1. The van der Waals surface area contributed by atoms with Gasteiger partial charge in [0.1, 0.15) is 0 Å². The SMILES string of the molecule is C=CC(=O)OCCCCOC(=O)CCC(=O)OC(C)C. The molecule has 0 radical (unpaired) electrons. The summed E-state index contributed by atoms with van der Waals surface area (Å²) in [5.74, 6) is -1.31. The van der Waals surface area contributed by atoms with Gasteiger partial charge in [-0.15, -0.1) is 0 Å². The van der Waals surface area contributed by atoms with Crippen LogP contribution in [0.2, 0.25) is 0 Å². The molecule has 20 heavy (non-hydrogen) atoms. The first-order valence-corrected chi connectivity index (χ1v) is 6.60. The van der Waals surface area contributed by atoms with Gasteiger partial charge in [0.25, 0.3) is 0 Å². The second kappa shape index (κ2) is 11.0. The smallest absolute Gasteiger partial charge is 0.330 e. The molecule has 0 bridgehead atoms. The maximum Gasteiger partial charge on any atom is 0.330 e. The molecule has 0 aliphatic carbocycles. The van der Waals surface area contributed by atoms with Gasteiger partial charge >= 0.3 is 17.9 Å². The number of hydrogen-bond donors (Lipinski definition) is 0. The van der Waals surface area contributed by atoms with Gasteiger partial charge in [0.15, 0.2) is 0 Å². The summed E-state index contributed by atoms with van der Waals surface area (Å²) in [6, 6.07) is 0. The van der Waals surface area contributed by atoms with Crippen LogP contribution in [0.4, 0.5) is 0 Å². The molecular formula is C14H22O6. The normalized spacial score (nSPS) is 9.95. The summed E-state index contributed by atoms with van der Waals surface area (Å²) in [6.45, 7) is 7.27. The molecule has 0 saturated heterocycles. The molecule has 0 rings (SSSR count). The van der Waals surface area contributed by atoms with Gasteiger partial charge < -0.3 is 14.2 Å². The highest BCUT2D eigenvalue weighted by atomic mass is 16.5. The van der Waals surface area contributed by atoms with Crippen LogP contribution >= 0.6 is 0 Å². The zero-order valence-electron chi connectivity index (χ0n) is 12.1. The van der Waals surface area contributed by atoms with E-state index in [0.29, 0.717) is 12.8 Å². The van der Waals surface area contributed by atoms with E-state index in [1.54, 1.807) is 13.8 Å². The Morgan fingerprint density at radius 3 is 2.10 bits per heavy atom. The molecule has 0 saturated carbocycles.